The van der Waals surface area contributed by atoms with E-state index >= 15 is 0 Å². The Kier molecular flexibility index (Phi) is 6.30. The van der Waals surface area contributed by atoms with Crippen LogP contribution in [0.15, 0.2) is 0 Å². The Labute approximate surface area is 123 Å². The first kappa shape index (κ1) is 15.8. The van der Waals surface area contributed by atoms with Crippen molar-refractivity contribution in [1.82, 2.24) is 15.5 Å². The largest absolute Gasteiger partial charge is 0.353 e. The molecule has 2 unspecified atom stereocenters. The van der Waals surface area contributed by atoms with Gasteiger partial charge in [-0.1, -0.05) is 13.3 Å². The van der Waals surface area contributed by atoms with Gasteiger partial charge in [0.2, 0.25) is 5.91 Å². The molecule has 116 valence electrons. The monoisotopic (exact) mass is 281 g/mol. The summed E-state index contributed by atoms with van der Waals surface area (Å²) < 4.78 is 0. The van der Waals surface area contributed by atoms with E-state index < -0.39 is 0 Å². The molecule has 1 heterocycles. The summed E-state index contributed by atoms with van der Waals surface area (Å²) in [4.78, 5) is 14.6. The standard InChI is InChI=1S/C16H31N3O/c1-3-5-13(2)18-16(20)12-19(15-7-8-15)11-14-6-4-9-17-10-14/h13-15,17H,3-12H2,1-2H3,(H,18,20). The minimum absolute atomic E-state index is 0.210. The summed E-state index contributed by atoms with van der Waals surface area (Å²) >= 11 is 0. The fourth-order valence-corrected chi connectivity index (χ4v) is 3.20. The van der Waals surface area contributed by atoms with Crippen LogP contribution in [0, 0.1) is 5.92 Å². The Morgan fingerprint density at radius 3 is 2.80 bits per heavy atom. The van der Waals surface area contributed by atoms with Gasteiger partial charge in [-0.3, -0.25) is 9.69 Å². The van der Waals surface area contributed by atoms with Crippen LogP contribution in [0.5, 0.6) is 0 Å². The second kappa shape index (κ2) is 7.99. The van der Waals surface area contributed by atoms with E-state index in [2.05, 4.69) is 29.4 Å². The minimum atomic E-state index is 0.210. The van der Waals surface area contributed by atoms with E-state index in [1.165, 1.54) is 25.7 Å². The maximum atomic E-state index is 12.1. The summed E-state index contributed by atoms with van der Waals surface area (Å²) in [5, 5.41) is 6.61. The first-order valence-corrected chi connectivity index (χ1v) is 8.43. The van der Waals surface area contributed by atoms with Crippen molar-refractivity contribution >= 4 is 5.91 Å². The number of hydrogen-bond donors (Lipinski definition) is 2. The van der Waals surface area contributed by atoms with Crippen LogP contribution in [0.1, 0.15) is 52.4 Å². The first-order valence-electron chi connectivity index (χ1n) is 8.43. The molecule has 4 heteroatoms. The van der Waals surface area contributed by atoms with Crippen LogP contribution < -0.4 is 10.6 Å². The van der Waals surface area contributed by atoms with Crippen LogP contribution in [0.25, 0.3) is 0 Å². The molecule has 0 bridgehead atoms. The van der Waals surface area contributed by atoms with Gasteiger partial charge in [0.15, 0.2) is 0 Å². The molecule has 1 saturated carbocycles. The van der Waals surface area contributed by atoms with Crippen molar-refractivity contribution in [2.24, 2.45) is 5.92 Å². The number of nitrogens with zero attached hydrogens (tertiary/aromatic N) is 1. The van der Waals surface area contributed by atoms with Crippen molar-refractivity contribution in [2.45, 2.75) is 64.5 Å². The predicted octanol–water partition coefficient (Wildman–Crippen LogP) is 1.76. The molecule has 0 spiro atoms. The van der Waals surface area contributed by atoms with Gasteiger partial charge in [-0.05, 0) is 58.0 Å². The van der Waals surface area contributed by atoms with Gasteiger partial charge >= 0.3 is 0 Å². The molecule has 20 heavy (non-hydrogen) atoms. The van der Waals surface area contributed by atoms with Crippen molar-refractivity contribution in [2.75, 3.05) is 26.2 Å². The van der Waals surface area contributed by atoms with Crippen LogP contribution in [0.4, 0.5) is 0 Å². The highest BCUT2D eigenvalue weighted by Crippen LogP contribution is 2.28. The van der Waals surface area contributed by atoms with Crippen molar-refractivity contribution < 1.29 is 4.79 Å². The van der Waals surface area contributed by atoms with E-state index in [1.807, 2.05) is 0 Å². The van der Waals surface area contributed by atoms with Crippen LogP contribution in [-0.4, -0.2) is 49.1 Å². The van der Waals surface area contributed by atoms with Crippen LogP contribution in [0.3, 0.4) is 0 Å². The molecule has 1 aliphatic heterocycles. The second-order valence-corrected chi connectivity index (χ2v) is 6.63. The van der Waals surface area contributed by atoms with Crippen molar-refractivity contribution in [3.63, 3.8) is 0 Å². The van der Waals surface area contributed by atoms with Gasteiger partial charge in [0, 0.05) is 18.6 Å². The van der Waals surface area contributed by atoms with Crippen LogP contribution in [-0.2, 0) is 4.79 Å². The third-order valence-electron chi connectivity index (χ3n) is 4.43. The fourth-order valence-electron chi connectivity index (χ4n) is 3.20. The Morgan fingerprint density at radius 1 is 1.40 bits per heavy atom. The highest BCUT2D eigenvalue weighted by atomic mass is 16.2. The van der Waals surface area contributed by atoms with Gasteiger partial charge < -0.3 is 10.6 Å². The zero-order valence-electron chi connectivity index (χ0n) is 13.2. The summed E-state index contributed by atoms with van der Waals surface area (Å²) in [5.74, 6) is 0.937. The molecule has 1 saturated heterocycles. The van der Waals surface area contributed by atoms with Gasteiger partial charge in [-0.15, -0.1) is 0 Å². The maximum absolute atomic E-state index is 12.1. The van der Waals surface area contributed by atoms with Gasteiger partial charge in [0.1, 0.15) is 0 Å². The summed E-state index contributed by atoms with van der Waals surface area (Å²) in [6.07, 6.45) is 7.34. The van der Waals surface area contributed by atoms with E-state index in [4.69, 9.17) is 0 Å². The van der Waals surface area contributed by atoms with Crippen molar-refractivity contribution in [3.05, 3.63) is 0 Å². The number of hydrogen-bond acceptors (Lipinski definition) is 3. The van der Waals surface area contributed by atoms with E-state index in [0.29, 0.717) is 18.6 Å². The Hall–Kier alpha value is -0.610. The third-order valence-corrected chi connectivity index (χ3v) is 4.43. The average molecular weight is 281 g/mol. The molecular weight excluding hydrogens is 250 g/mol. The highest BCUT2D eigenvalue weighted by molar-refractivity contribution is 5.78. The zero-order chi connectivity index (χ0) is 14.4. The van der Waals surface area contributed by atoms with E-state index in [9.17, 15) is 4.79 Å². The van der Waals surface area contributed by atoms with Gasteiger partial charge in [-0.2, -0.15) is 0 Å². The maximum Gasteiger partial charge on any atom is 0.234 e. The number of carbonyl (C=O) groups is 1. The molecule has 2 atom stereocenters. The third kappa shape index (κ3) is 5.41. The highest BCUT2D eigenvalue weighted by Gasteiger charge is 2.32. The molecule has 4 nitrogen and oxygen atoms in total. The summed E-state index contributed by atoms with van der Waals surface area (Å²) in [7, 11) is 0. The van der Waals surface area contributed by atoms with Gasteiger partial charge in [0.05, 0.1) is 6.54 Å². The lowest BCUT2D eigenvalue weighted by Crippen LogP contribution is -2.45. The molecule has 2 rings (SSSR count). The number of amides is 1. The summed E-state index contributed by atoms with van der Waals surface area (Å²) in [6.45, 7) is 8.23. The molecule has 0 aromatic rings. The number of piperidine rings is 1. The molecule has 2 aliphatic rings. The first-order chi connectivity index (χ1) is 9.69. The molecule has 0 radical (unpaired) electrons. The molecule has 1 aliphatic carbocycles. The van der Waals surface area contributed by atoms with E-state index in [-0.39, 0.29) is 5.91 Å². The number of rotatable bonds is 8. The van der Waals surface area contributed by atoms with E-state index in [1.54, 1.807) is 0 Å². The quantitative estimate of drug-likeness (QED) is 0.712. The normalized spacial score (nSPS) is 24.6. The number of carbonyl (C=O) groups excluding carboxylic acids is 1. The molecular formula is C16H31N3O. The Balaban J connectivity index is 1.75. The molecule has 0 aromatic carbocycles. The number of nitrogens with one attached hydrogen (secondary N) is 2. The molecule has 0 aromatic heterocycles. The lowest BCUT2D eigenvalue weighted by atomic mass is 9.99. The SMILES string of the molecule is CCCC(C)NC(=O)CN(CC1CCCNC1)C1CC1. The minimum Gasteiger partial charge on any atom is -0.353 e. The second-order valence-electron chi connectivity index (χ2n) is 6.63. The lowest BCUT2D eigenvalue weighted by Gasteiger charge is -2.30. The average Bonchev–Trinajstić information content (AvgIpc) is 3.23. The Morgan fingerprint density at radius 2 is 2.20 bits per heavy atom. The van der Waals surface area contributed by atoms with E-state index in [0.717, 1.165) is 38.4 Å². The van der Waals surface area contributed by atoms with Crippen molar-refractivity contribution in [1.29, 1.82) is 0 Å². The lowest BCUT2D eigenvalue weighted by molar-refractivity contribution is -0.123. The van der Waals surface area contributed by atoms with Gasteiger partial charge in [0.25, 0.3) is 0 Å². The molecule has 1 amide bonds. The topological polar surface area (TPSA) is 44.4 Å². The summed E-state index contributed by atoms with van der Waals surface area (Å²) in [6, 6.07) is 0.981. The van der Waals surface area contributed by atoms with Crippen molar-refractivity contribution in [3.8, 4) is 0 Å². The predicted molar refractivity (Wildman–Crippen MR) is 82.7 cm³/mol. The Bertz CT molecular complexity index is 298. The molecule has 2 N–H and O–H groups in total. The smallest absolute Gasteiger partial charge is 0.234 e. The zero-order valence-corrected chi connectivity index (χ0v) is 13.2. The van der Waals surface area contributed by atoms with Crippen LogP contribution >= 0.6 is 0 Å². The van der Waals surface area contributed by atoms with Gasteiger partial charge in [-0.25, -0.2) is 0 Å². The molecule has 2 fully saturated rings. The van der Waals surface area contributed by atoms with Crippen LogP contribution in [0.2, 0.25) is 0 Å². The fraction of sp³-hybridized carbons (Fsp3) is 0.938. The summed E-state index contributed by atoms with van der Waals surface area (Å²) in [5.41, 5.74) is 0.